The molecule has 9 heteroatoms. The number of hydrogen-bond acceptors (Lipinski definition) is 4. The van der Waals surface area contributed by atoms with Crippen molar-refractivity contribution in [2.75, 3.05) is 38.6 Å². The van der Waals surface area contributed by atoms with Crippen LogP contribution in [0, 0.1) is 0 Å². The fourth-order valence-electron chi connectivity index (χ4n) is 2.96. The number of likely N-dealkylation sites (tertiary alicyclic amines) is 1. The minimum absolute atomic E-state index is 0.107. The molecule has 156 valence electrons. The second kappa shape index (κ2) is 9.88. The lowest BCUT2D eigenvalue weighted by atomic mass is 10.1. The van der Waals surface area contributed by atoms with Crippen molar-refractivity contribution in [3.05, 3.63) is 29.3 Å². The van der Waals surface area contributed by atoms with Crippen LogP contribution in [0.15, 0.2) is 18.2 Å². The average Bonchev–Trinajstić information content (AvgIpc) is 2.67. The summed E-state index contributed by atoms with van der Waals surface area (Å²) in [7, 11) is 1.32. The maximum atomic E-state index is 13.2. The molecule has 1 heterocycles. The number of benzene rings is 1. The molecule has 0 radical (unpaired) electrons. The first-order chi connectivity index (χ1) is 13.2. The van der Waals surface area contributed by atoms with E-state index in [1.807, 2.05) is 0 Å². The monoisotopic (exact) mass is 401 g/mol. The van der Waals surface area contributed by atoms with E-state index >= 15 is 0 Å². The molecule has 2 amide bonds. The molecule has 1 saturated heterocycles. The van der Waals surface area contributed by atoms with Crippen molar-refractivity contribution in [1.82, 2.24) is 10.2 Å². The van der Waals surface area contributed by atoms with Crippen LogP contribution in [0.25, 0.3) is 0 Å². The molecule has 2 N–H and O–H groups in total. The van der Waals surface area contributed by atoms with Crippen molar-refractivity contribution in [2.24, 2.45) is 0 Å². The maximum Gasteiger partial charge on any atom is 0.416 e. The van der Waals surface area contributed by atoms with Crippen LogP contribution in [0.3, 0.4) is 0 Å². The summed E-state index contributed by atoms with van der Waals surface area (Å²) in [6.07, 6.45) is -2.05. The Bertz CT molecular complexity index is 689. The van der Waals surface area contributed by atoms with Crippen LogP contribution in [-0.2, 0) is 15.7 Å². The first kappa shape index (κ1) is 22.2. The summed E-state index contributed by atoms with van der Waals surface area (Å²) in [5, 5.41) is 5.01. The number of halogens is 3. The molecule has 1 fully saturated rings. The number of alkyl halides is 3. The largest absolute Gasteiger partial charge is 0.416 e. The van der Waals surface area contributed by atoms with E-state index in [4.69, 9.17) is 4.74 Å². The number of nitrogens with one attached hydrogen (secondary N) is 2. The Morgan fingerprint density at radius 1 is 1.18 bits per heavy atom. The molecule has 0 saturated carbocycles. The summed E-state index contributed by atoms with van der Waals surface area (Å²) in [6.45, 7) is 4.40. The Kier molecular flexibility index (Phi) is 7.82. The molecule has 1 aromatic rings. The molecule has 2 rings (SSSR count). The smallest absolute Gasteiger partial charge is 0.372 e. The van der Waals surface area contributed by atoms with Gasteiger partial charge in [0.2, 0.25) is 0 Å². The van der Waals surface area contributed by atoms with Gasteiger partial charge in [0.15, 0.2) is 0 Å². The molecule has 1 unspecified atom stereocenters. The summed E-state index contributed by atoms with van der Waals surface area (Å²) in [5.74, 6) is -1.21. The molecule has 0 aliphatic carbocycles. The Morgan fingerprint density at radius 2 is 1.86 bits per heavy atom. The molecule has 0 aromatic heterocycles. The number of nitrogens with zero attached hydrogens (tertiary/aromatic N) is 1. The Balaban J connectivity index is 2.09. The van der Waals surface area contributed by atoms with Crippen molar-refractivity contribution in [2.45, 2.75) is 38.5 Å². The fourth-order valence-corrected chi connectivity index (χ4v) is 2.96. The average molecular weight is 401 g/mol. The van der Waals surface area contributed by atoms with E-state index in [9.17, 15) is 22.8 Å². The van der Waals surface area contributed by atoms with Gasteiger partial charge in [-0.1, -0.05) is 6.42 Å². The van der Waals surface area contributed by atoms with Crippen LogP contribution in [0.5, 0.6) is 0 Å². The van der Waals surface area contributed by atoms with Gasteiger partial charge in [-0.15, -0.1) is 0 Å². The Morgan fingerprint density at radius 3 is 2.46 bits per heavy atom. The van der Waals surface area contributed by atoms with Gasteiger partial charge in [-0.3, -0.25) is 9.59 Å². The number of amides is 2. The van der Waals surface area contributed by atoms with Gasteiger partial charge in [0.05, 0.1) is 5.56 Å². The summed E-state index contributed by atoms with van der Waals surface area (Å²) in [5.41, 5.74) is -1.27. The molecule has 0 spiro atoms. The van der Waals surface area contributed by atoms with Crippen molar-refractivity contribution >= 4 is 17.5 Å². The van der Waals surface area contributed by atoms with Gasteiger partial charge < -0.3 is 20.3 Å². The minimum Gasteiger partial charge on any atom is -0.372 e. The van der Waals surface area contributed by atoms with Crippen LogP contribution >= 0.6 is 0 Å². The second-order valence-corrected chi connectivity index (χ2v) is 6.82. The van der Waals surface area contributed by atoms with Crippen LogP contribution in [0.2, 0.25) is 0 Å². The molecule has 0 bridgehead atoms. The number of carbonyl (C=O) groups excluding carboxylic acids is 2. The standard InChI is InChI=1S/C19H26F3N3O3/c1-13(28-2)17(26)24-16-11-14(10-15(12-16)19(20,21)22)18(27)23-6-9-25-7-4-3-5-8-25/h10-13H,3-9H2,1-2H3,(H,23,27)(H,24,26). The third kappa shape index (κ3) is 6.49. The van der Waals surface area contributed by atoms with E-state index in [0.29, 0.717) is 13.1 Å². The summed E-state index contributed by atoms with van der Waals surface area (Å²) in [6, 6.07) is 2.81. The SMILES string of the molecule is COC(C)C(=O)Nc1cc(C(=O)NCCN2CCCCC2)cc(C(F)(F)F)c1. The first-order valence-electron chi connectivity index (χ1n) is 9.27. The normalized spacial score (nSPS) is 16.5. The lowest BCUT2D eigenvalue weighted by Crippen LogP contribution is -2.37. The van der Waals surface area contributed by atoms with Crippen molar-refractivity contribution in [3.63, 3.8) is 0 Å². The third-order valence-corrected chi connectivity index (χ3v) is 4.68. The van der Waals surface area contributed by atoms with Crippen LogP contribution < -0.4 is 10.6 Å². The van der Waals surface area contributed by atoms with Crippen LogP contribution in [0.1, 0.15) is 42.1 Å². The molecular weight excluding hydrogens is 375 g/mol. The highest BCUT2D eigenvalue weighted by Crippen LogP contribution is 2.32. The molecular formula is C19H26F3N3O3. The zero-order chi connectivity index (χ0) is 20.7. The minimum atomic E-state index is -4.64. The number of hydrogen-bond donors (Lipinski definition) is 2. The zero-order valence-electron chi connectivity index (χ0n) is 16.1. The predicted molar refractivity (Wildman–Crippen MR) is 99.2 cm³/mol. The molecule has 1 aliphatic rings. The predicted octanol–water partition coefficient (Wildman–Crippen LogP) is 2.89. The number of rotatable bonds is 7. The first-order valence-corrected chi connectivity index (χ1v) is 9.27. The van der Waals surface area contributed by atoms with Crippen LogP contribution in [0.4, 0.5) is 18.9 Å². The zero-order valence-corrected chi connectivity index (χ0v) is 16.1. The van der Waals surface area contributed by atoms with Gasteiger partial charge in [0.1, 0.15) is 6.10 Å². The summed E-state index contributed by atoms with van der Waals surface area (Å²) >= 11 is 0. The highest BCUT2D eigenvalue weighted by Gasteiger charge is 2.32. The van der Waals surface area contributed by atoms with E-state index in [-0.39, 0.29) is 11.3 Å². The van der Waals surface area contributed by atoms with Gasteiger partial charge in [-0.25, -0.2) is 0 Å². The molecule has 1 aromatic carbocycles. The Labute approximate surface area is 162 Å². The van der Waals surface area contributed by atoms with Gasteiger partial charge in [0, 0.05) is 31.5 Å². The highest BCUT2D eigenvalue weighted by atomic mass is 19.4. The van der Waals surface area contributed by atoms with Gasteiger partial charge >= 0.3 is 6.18 Å². The Hall–Kier alpha value is -2.13. The fraction of sp³-hybridized carbons (Fsp3) is 0.579. The van der Waals surface area contributed by atoms with Crippen molar-refractivity contribution < 1.29 is 27.5 Å². The number of carbonyl (C=O) groups is 2. The number of piperidine rings is 1. The number of ether oxygens (including phenoxy) is 1. The van der Waals surface area contributed by atoms with Gasteiger partial charge in [-0.05, 0) is 51.1 Å². The highest BCUT2D eigenvalue weighted by molar-refractivity contribution is 5.98. The summed E-state index contributed by atoms with van der Waals surface area (Å²) < 4.78 is 44.4. The lowest BCUT2D eigenvalue weighted by Gasteiger charge is -2.26. The van der Waals surface area contributed by atoms with E-state index < -0.39 is 29.7 Å². The summed E-state index contributed by atoms with van der Waals surface area (Å²) in [4.78, 5) is 26.5. The van der Waals surface area contributed by atoms with Crippen molar-refractivity contribution in [3.8, 4) is 0 Å². The quantitative estimate of drug-likeness (QED) is 0.737. The van der Waals surface area contributed by atoms with E-state index in [1.54, 1.807) is 0 Å². The molecule has 28 heavy (non-hydrogen) atoms. The van der Waals surface area contributed by atoms with E-state index in [2.05, 4.69) is 15.5 Å². The number of methoxy groups -OCH3 is 1. The molecule has 1 aliphatic heterocycles. The van der Waals surface area contributed by atoms with E-state index in [1.165, 1.54) is 26.5 Å². The topological polar surface area (TPSA) is 70.7 Å². The number of anilines is 1. The maximum absolute atomic E-state index is 13.2. The third-order valence-electron chi connectivity index (χ3n) is 4.68. The second-order valence-electron chi connectivity index (χ2n) is 6.82. The molecule has 1 atom stereocenters. The van der Waals surface area contributed by atoms with Gasteiger partial charge in [-0.2, -0.15) is 13.2 Å². The van der Waals surface area contributed by atoms with Gasteiger partial charge in [0.25, 0.3) is 11.8 Å². The van der Waals surface area contributed by atoms with Crippen LogP contribution in [-0.4, -0.2) is 56.1 Å². The van der Waals surface area contributed by atoms with Crippen molar-refractivity contribution in [1.29, 1.82) is 0 Å². The molecule has 6 nitrogen and oxygen atoms in total. The van der Waals surface area contributed by atoms with E-state index in [0.717, 1.165) is 38.1 Å². The lowest BCUT2D eigenvalue weighted by molar-refractivity contribution is -0.137.